The summed E-state index contributed by atoms with van der Waals surface area (Å²) in [5.74, 6) is -0.766. The third kappa shape index (κ3) is 9.22. The van der Waals surface area contributed by atoms with E-state index in [1.807, 2.05) is 0 Å². The van der Waals surface area contributed by atoms with Crippen LogP contribution in [0.1, 0.15) is 0 Å². The van der Waals surface area contributed by atoms with Crippen molar-refractivity contribution in [2.75, 3.05) is 11.5 Å². The molecule has 0 saturated carbocycles. The summed E-state index contributed by atoms with van der Waals surface area (Å²) in [7, 11) is -4.28. The van der Waals surface area contributed by atoms with Gasteiger partial charge in [0.2, 0.25) is 0 Å². The van der Waals surface area contributed by atoms with Crippen LogP contribution in [0.4, 0.5) is 0 Å². The summed E-state index contributed by atoms with van der Waals surface area (Å²) in [6.07, 6.45) is -1.14. The SMILES string of the molecule is O=S(=O)([O-])CC(O)CS.[Na+]. The maximum absolute atomic E-state index is 9.85. The largest absolute Gasteiger partial charge is 1.00 e. The average Bonchev–Trinajstić information content (AvgIpc) is 1.62. The van der Waals surface area contributed by atoms with E-state index in [0.717, 1.165) is 0 Å². The maximum atomic E-state index is 9.85. The monoisotopic (exact) mass is 194 g/mol. The third-order valence-electron chi connectivity index (χ3n) is 0.607. The van der Waals surface area contributed by atoms with E-state index < -0.39 is 22.0 Å². The average molecular weight is 194 g/mol. The van der Waals surface area contributed by atoms with E-state index in [4.69, 9.17) is 5.11 Å². The molecule has 0 heterocycles. The molecule has 0 aliphatic rings. The molecule has 0 aromatic rings. The van der Waals surface area contributed by atoms with E-state index in [1.54, 1.807) is 0 Å². The van der Waals surface area contributed by atoms with Crippen molar-refractivity contribution in [2.24, 2.45) is 0 Å². The summed E-state index contributed by atoms with van der Waals surface area (Å²) < 4.78 is 29.6. The van der Waals surface area contributed by atoms with Crippen LogP contribution in [0.2, 0.25) is 0 Å². The van der Waals surface area contributed by atoms with E-state index in [1.165, 1.54) is 0 Å². The molecule has 0 bridgehead atoms. The Morgan fingerprint density at radius 1 is 1.60 bits per heavy atom. The Balaban J connectivity index is 0. The molecule has 0 amide bonds. The molecule has 0 fully saturated rings. The molecule has 0 aliphatic heterocycles. The van der Waals surface area contributed by atoms with Gasteiger partial charge >= 0.3 is 29.6 Å². The van der Waals surface area contributed by atoms with Gasteiger partial charge in [-0.2, -0.15) is 12.6 Å². The minimum Gasteiger partial charge on any atom is -0.748 e. The molecule has 0 aromatic carbocycles. The van der Waals surface area contributed by atoms with Crippen LogP contribution in [0, 0.1) is 0 Å². The fourth-order valence-electron chi connectivity index (χ4n) is 0.288. The van der Waals surface area contributed by atoms with E-state index in [0.29, 0.717) is 0 Å². The number of thiol groups is 1. The summed E-state index contributed by atoms with van der Waals surface area (Å²) >= 11 is 3.57. The predicted molar refractivity (Wildman–Crippen MR) is 34.4 cm³/mol. The zero-order valence-electron chi connectivity index (χ0n) is 5.52. The van der Waals surface area contributed by atoms with Crippen LogP contribution >= 0.6 is 12.6 Å². The Kier molecular flexibility index (Phi) is 8.02. The second-order valence-corrected chi connectivity index (χ2v) is 3.37. The van der Waals surface area contributed by atoms with Gasteiger partial charge in [-0.15, -0.1) is 0 Å². The van der Waals surface area contributed by atoms with Crippen LogP contribution in [-0.2, 0) is 10.1 Å². The summed E-state index contributed by atoms with van der Waals surface area (Å²) in [4.78, 5) is 0. The van der Waals surface area contributed by atoms with Crippen molar-refractivity contribution >= 4 is 22.7 Å². The number of hydrogen-bond donors (Lipinski definition) is 2. The fourth-order valence-corrected chi connectivity index (χ4v) is 1.18. The molecule has 1 N–H and O–H groups in total. The second-order valence-electron chi connectivity index (χ2n) is 1.56. The minimum absolute atomic E-state index is 0. The molecule has 0 aliphatic carbocycles. The number of aliphatic hydroxyl groups is 1. The van der Waals surface area contributed by atoms with Gasteiger partial charge in [0.05, 0.1) is 22.0 Å². The molecule has 1 unspecified atom stereocenters. The maximum Gasteiger partial charge on any atom is 1.00 e. The van der Waals surface area contributed by atoms with Gasteiger partial charge in [-0.25, -0.2) is 8.42 Å². The van der Waals surface area contributed by atoms with Gasteiger partial charge in [-0.1, -0.05) is 0 Å². The van der Waals surface area contributed by atoms with Gasteiger partial charge in [0, 0.05) is 5.75 Å². The first-order valence-electron chi connectivity index (χ1n) is 2.18. The first-order valence-corrected chi connectivity index (χ1v) is 4.39. The molecule has 56 valence electrons. The van der Waals surface area contributed by atoms with Gasteiger partial charge in [0.25, 0.3) is 0 Å². The molecular formula is C3H7NaO4S2. The van der Waals surface area contributed by atoms with Gasteiger partial charge in [-0.05, 0) is 0 Å². The van der Waals surface area contributed by atoms with Crippen LogP contribution in [0.5, 0.6) is 0 Å². The van der Waals surface area contributed by atoms with Gasteiger partial charge in [0.15, 0.2) is 0 Å². The molecular weight excluding hydrogens is 187 g/mol. The summed E-state index contributed by atoms with van der Waals surface area (Å²) in [6.45, 7) is 0. The Labute approximate surface area is 87.5 Å². The molecule has 7 heteroatoms. The molecule has 0 radical (unpaired) electrons. The van der Waals surface area contributed by atoms with Crippen molar-refractivity contribution in [3.63, 3.8) is 0 Å². The number of aliphatic hydroxyl groups excluding tert-OH is 1. The van der Waals surface area contributed by atoms with E-state index in [-0.39, 0.29) is 35.3 Å². The minimum atomic E-state index is -4.28. The van der Waals surface area contributed by atoms with Gasteiger partial charge in [-0.3, -0.25) is 0 Å². The third-order valence-corrected chi connectivity index (χ3v) is 1.82. The van der Waals surface area contributed by atoms with Crippen molar-refractivity contribution in [1.29, 1.82) is 0 Å². The van der Waals surface area contributed by atoms with Gasteiger partial charge < -0.3 is 9.66 Å². The predicted octanol–water partition coefficient (Wildman–Crippen LogP) is -4.17. The molecule has 4 nitrogen and oxygen atoms in total. The number of hydrogen-bond acceptors (Lipinski definition) is 5. The Morgan fingerprint density at radius 2 is 2.00 bits per heavy atom. The zero-order valence-corrected chi connectivity index (χ0v) is 9.23. The van der Waals surface area contributed by atoms with Crippen LogP contribution in [0.25, 0.3) is 0 Å². The molecule has 10 heavy (non-hydrogen) atoms. The van der Waals surface area contributed by atoms with Crippen molar-refractivity contribution in [2.45, 2.75) is 6.10 Å². The van der Waals surface area contributed by atoms with Crippen LogP contribution in [-0.4, -0.2) is 35.7 Å². The Hall–Kier alpha value is 1.22. The van der Waals surface area contributed by atoms with Crippen LogP contribution in [0.15, 0.2) is 0 Å². The molecule has 0 spiro atoms. The summed E-state index contributed by atoms with van der Waals surface area (Å²) in [5, 5.41) is 8.54. The van der Waals surface area contributed by atoms with Gasteiger partial charge in [0.1, 0.15) is 0 Å². The fraction of sp³-hybridized carbons (Fsp3) is 1.00. The standard InChI is InChI=1S/C3H8O4S2.Na/c4-3(1-8)2-9(5,6)7;/h3-4,8H,1-2H2,(H,5,6,7);/q;+1/p-1. The Morgan fingerprint density at radius 3 is 2.10 bits per heavy atom. The summed E-state index contributed by atoms with van der Waals surface area (Å²) in [5.41, 5.74) is 0. The van der Waals surface area contributed by atoms with E-state index in [9.17, 15) is 13.0 Å². The zero-order chi connectivity index (χ0) is 7.49. The Bertz CT molecular complexity index is 165. The first-order chi connectivity index (χ1) is 3.95. The van der Waals surface area contributed by atoms with Crippen LogP contribution in [0.3, 0.4) is 0 Å². The molecule has 0 aromatic heterocycles. The molecule has 1 atom stereocenters. The summed E-state index contributed by atoms with van der Waals surface area (Å²) in [6, 6.07) is 0. The first kappa shape index (κ1) is 13.8. The normalized spacial score (nSPS) is 13.9. The van der Waals surface area contributed by atoms with Crippen molar-refractivity contribution in [3.05, 3.63) is 0 Å². The topological polar surface area (TPSA) is 77.4 Å². The van der Waals surface area contributed by atoms with E-state index >= 15 is 0 Å². The molecule has 0 saturated heterocycles. The molecule has 0 rings (SSSR count). The second kappa shape index (κ2) is 5.82. The van der Waals surface area contributed by atoms with Crippen molar-refractivity contribution in [3.8, 4) is 0 Å². The smallest absolute Gasteiger partial charge is 0.748 e. The van der Waals surface area contributed by atoms with Crippen LogP contribution < -0.4 is 29.6 Å². The number of rotatable bonds is 3. The van der Waals surface area contributed by atoms with Crippen molar-refractivity contribution in [1.82, 2.24) is 0 Å². The van der Waals surface area contributed by atoms with Crippen molar-refractivity contribution < 1.29 is 47.6 Å². The quantitative estimate of drug-likeness (QED) is 0.271. The van der Waals surface area contributed by atoms with E-state index in [2.05, 4.69) is 12.6 Å².